The number of nitrogens with zero attached hydrogens (tertiary/aromatic N) is 4. The van der Waals surface area contributed by atoms with Gasteiger partial charge in [-0.1, -0.05) is 0 Å². The van der Waals surface area contributed by atoms with Gasteiger partial charge in [0.25, 0.3) is 0 Å². The third-order valence-corrected chi connectivity index (χ3v) is 4.42. The Morgan fingerprint density at radius 3 is 2.75 bits per heavy atom. The highest BCUT2D eigenvalue weighted by Gasteiger charge is 2.19. The molecule has 106 valence electrons. The summed E-state index contributed by atoms with van der Waals surface area (Å²) in [6.07, 6.45) is 3.52. The molecule has 5 nitrogen and oxygen atoms in total. The van der Waals surface area contributed by atoms with Crippen molar-refractivity contribution in [3.63, 3.8) is 0 Å². The minimum atomic E-state index is 0.760. The van der Waals surface area contributed by atoms with Gasteiger partial charge in [-0.2, -0.15) is 0 Å². The molecular formula is C14H19N5S. The molecule has 1 aliphatic rings. The number of hydrogen-bond acceptors (Lipinski definition) is 6. The van der Waals surface area contributed by atoms with Crippen LogP contribution >= 0.6 is 11.3 Å². The van der Waals surface area contributed by atoms with E-state index >= 15 is 0 Å². The molecular weight excluding hydrogens is 270 g/mol. The van der Waals surface area contributed by atoms with Crippen molar-refractivity contribution in [3.8, 4) is 0 Å². The lowest BCUT2D eigenvalue weighted by Gasteiger charge is -2.36. The number of aromatic nitrogens is 2. The van der Waals surface area contributed by atoms with E-state index in [9.17, 15) is 0 Å². The number of piperazine rings is 1. The first kappa shape index (κ1) is 13.3. The maximum Gasteiger partial charge on any atom is 0.0897 e. The van der Waals surface area contributed by atoms with E-state index < -0.39 is 0 Å². The number of thiazole rings is 1. The topological polar surface area (TPSA) is 58.3 Å². The predicted molar refractivity (Wildman–Crippen MR) is 83.0 cm³/mol. The Bertz CT molecular complexity index is 574. The van der Waals surface area contributed by atoms with E-state index in [2.05, 4.69) is 32.1 Å². The third-order valence-electron chi connectivity index (χ3n) is 3.59. The van der Waals surface area contributed by atoms with Gasteiger partial charge in [0, 0.05) is 44.3 Å². The van der Waals surface area contributed by atoms with Crippen molar-refractivity contribution in [2.24, 2.45) is 0 Å². The molecule has 3 heterocycles. The lowest BCUT2D eigenvalue weighted by molar-refractivity contribution is 0.247. The summed E-state index contributed by atoms with van der Waals surface area (Å²) in [6.45, 7) is 7.08. The van der Waals surface area contributed by atoms with Gasteiger partial charge in [0.05, 0.1) is 28.3 Å². The van der Waals surface area contributed by atoms with Crippen LogP contribution in [0.5, 0.6) is 0 Å². The maximum atomic E-state index is 5.99. The van der Waals surface area contributed by atoms with Gasteiger partial charge in [-0.05, 0) is 13.0 Å². The second-order valence-corrected chi connectivity index (χ2v) is 6.12. The molecule has 0 radical (unpaired) electrons. The molecule has 0 aromatic carbocycles. The molecule has 0 amide bonds. The molecule has 0 atom stereocenters. The van der Waals surface area contributed by atoms with E-state index in [1.54, 1.807) is 23.7 Å². The van der Waals surface area contributed by atoms with Crippen molar-refractivity contribution in [2.45, 2.75) is 13.5 Å². The standard InChI is InChI=1S/C14H19N5S/c1-11-17-12(10-20-11)9-18-4-6-19(7-5-18)14-2-3-16-8-13(14)15/h2-3,8,10H,4-7,9,15H2,1H3. The molecule has 3 rings (SSSR count). The van der Waals surface area contributed by atoms with Crippen LogP contribution in [0.2, 0.25) is 0 Å². The van der Waals surface area contributed by atoms with Gasteiger partial charge in [0.1, 0.15) is 0 Å². The van der Waals surface area contributed by atoms with Crippen LogP contribution in [0.25, 0.3) is 0 Å². The molecule has 2 N–H and O–H groups in total. The van der Waals surface area contributed by atoms with E-state index in [1.165, 1.54) is 5.69 Å². The summed E-state index contributed by atoms with van der Waals surface area (Å²) in [5, 5.41) is 3.30. The molecule has 0 saturated carbocycles. The average molecular weight is 289 g/mol. The van der Waals surface area contributed by atoms with E-state index in [0.29, 0.717) is 0 Å². The lowest BCUT2D eigenvalue weighted by Crippen LogP contribution is -2.46. The highest BCUT2D eigenvalue weighted by molar-refractivity contribution is 7.09. The number of nitrogens with two attached hydrogens (primary N) is 1. The molecule has 20 heavy (non-hydrogen) atoms. The fraction of sp³-hybridized carbons (Fsp3) is 0.429. The van der Waals surface area contributed by atoms with Crippen molar-refractivity contribution < 1.29 is 0 Å². The van der Waals surface area contributed by atoms with Gasteiger partial charge in [-0.15, -0.1) is 11.3 Å². The van der Waals surface area contributed by atoms with Gasteiger partial charge in [-0.25, -0.2) is 4.98 Å². The average Bonchev–Trinajstić information content (AvgIpc) is 2.86. The Labute approximate surface area is 123 Å². The van der Waals surface area contributed by atoms with Gasteiger partial charge < -0.3 is 10.6 Å². The normalized spacial score (nSPS) is 16.6. The first-order valence-corrected chi connectivity index (χ1v) is 7.68. The highest BCUT2D eigenvalue weighted by Crippen LogP contribution is 2.23. The molecule has 0 spiro atoms. The second kappa shape index (κ2) is 5.76. The predicted octanol–water partition coefficient (Wildman–Crippen LogP) is 1.75. The van der Waals surface area contributed by atoms with E-state index in [0.717, 1.165) is 49.1 Å². The molecule has 1 aliphatic heterocycles. The Morgan fingerprint density at radius 2 is 2.10 bits per heavy atom. The molecule has 1 saturated heterocycles. The fourth-order valence-corrected chi connectivity index (χ4v) is 3.15. The SMILES string of the molecule is Cc1nc(CN2CCN(c3ccncc3N)CC2)cs1. The summed E-state index contributed by atoms with van der Waals surface area (Å²) in [6, 6.07) is 1.99. The molecule has 2 aromatic rings. The summed E-state index contributed by atoms with van der Waals surface area (Å²) in [5.41, 5.74) is 9.03. The minimum Gasteiger partial charge on any atom is -0.396 e. The van der Waals surface area contributed by atoms with E-state index in [4.69, 9.17) is 5.73 Å². The number of aryl methyl sites for hydroxylation is 1. The van der Waals surface area contributed by atoms with Crippen LogP contribution in [-0.4, -0.2) is 41.0 Å². The first-order chi connectivity index (χ1) is 9.72. The third kappa shape index (κ3) is 2.91. The smallest absolute Gasteiger partial charge is 0.0897 e. The summed E-state index contributed by atoms with van der Waals surface area (Å²) in [5.74, 6) is 0. The summed E-state index contributed by atoms with van der Waals surface area (Å²) >= 11 is 1.72. The number of hydrogen-bond donors (Lipinski definition) is 1. The Kier molecular flexibility index (Phi) is 3.84. The molecule has 1 fully saturated rings. The number of anilines is 2. The van der Waals surface area contributed by atoms with Crippen LogP contribution in [0.4, 0.5) is 11.4 Å². The molecule has 0 bridgehead atoms. The first-order valence-electron chi connectivity index (χ1n) is 6.80. The number of nitrogen functional groups attached to an aromatic ring is 1. The van der Waals surface area contributed by atoms with Crippen LogP contribution in [0.3, 0.4) is 0 Å². The van der Waals surface area contributed by atoms with E-state index in [1.807, 2.05) is 6.07 Å². The zero-order valence-corrected chi connectivity index (χ0v) is 12.4. The fourth-order valence-electron chi connectivity index (χ4n) is 2.54. The number of pyridine rings is 1. The minimum absolute atomic E-state index is 0.760. The van der Waals surface area contributed by atoms with Crippen LogP contribution < -0.4 is 10.6 Å². The van der Waals surface area contributed by atoms with Gasteiger partial charge in [0.2, 0.25) is 0 Å². The lowest BCUT2D eigenvalue weighted by atomic mass is 10.2. The van der Waals surface area contributed by atoms with E-state index in [-0.39, 0.29) is 0 Å². The number of rotatable bonds is 3. The summed E-state index contributed by atoms with van der Waals surface area (Å²) in [7, 11) is 0. The van der Waals surface area contributed by atoms with Gasteiger partial charge in [0.15, 0.2) is 0 Å². The van der Waals surface area contributed by atoms with Crippen molar-refractivity contribution in [1.29, 1.82) is 0 Å². The van der Waals surface area contributed by atoms with Crippen molar-refractivity contribution in [3.05, 3.63) is 34.5 Å². The summed E-state index contributed by atoms with van der Waals surface area (Å²) in [4.78, 5) is 13.4. The van der Waals surface area contributed by atoms with Crippen LogP contribution in [0.15, 0.2) is 23.8 Å². The Balaban J connectivity index is 1.58. The summed E-state index contributed by atoms with van der Waals surface area (Å²) < 4.78 is 0. The monoisotopic (exact) mass is 289 g/mol. The Morgan fingerprint density at radius 1 is 1.30 bits per heavy atom. The largest absolute Gasteiger partial charge is 0.396 e. The van der Waals surface area contributed by atoms with Gasteiger partial charge >= 0.3 is 0 Å². The van der Waals surface area contributed by atoms with Crippen LogP contribution in [-0.2, 0) is 6.54 Å². The zero-order chi connectivity index (χ0) is 13.9. The molecule has 0 aliphatic carbocycles. The molecule has 0 unspecified atom stereocenters. The highest BCUT2D eigenvalue weighted by atomic mass is 32.1. The van der Waals surface area contributed by atoms with Crippen LogP contribution in [0, 0.1) is 6.92 Å². The van der Waals surface area contributed by atoms with Crippen molar-refractivity contribution in [2.75, 3.05) is 36.8 Å². The quantitative estimate of drug-likeness (QED) is 0.933. The Hall–Kier alpha value is -1.66. The van der Waals surface area contributed by atoms with Crippen molar-refractivity contribution in [1.82, 2.24) is 14.9 Å². The zero-order valence-electron chi connectivity index (χ0n) is 11.6. The second-order valence-electron chi connectivity index (χ2n) is 5.06. The maximum absolute atomic E-state index is 5.99. The van der Waals surface area contributed by atoms with Gasteiger partial charge in [-0.3, -0.25) is 9.88 Å². The van der Waals surface area contributed by atoms with Crippen molar-refractivity contribution >= 4 is 22.7 Å². The molecule has 2 aromatic heterocycles. The molecule has 6 heteroatoms. The van der Waals surface area contributed by atoms with Crippen LogP contribution in [0.1, 0.15) is 10.7 Å².